The van der Waals surface area contributed by atoms with E-state index in [1.165, 1.54) is 75.9 Å². The molecule has 12 nitrogen and oxygen atoms in total. The fourth-order valence-corrected chi connectivity index (χ4v) is 5.27. The van der Waals surface area contributed by atoms with Gasteiger partial charge in [0.25, 0.3) is 0 Å². The number of aldehydes is 1. The van der Waals surface area contributed by atoms with Crippen LogP contribution in [0.4, 0.5) is 0 Å². The summed E-state index contributed by atoms with van der Waals surface area (Å²) in [4.78, 5) is 54.8. The Kier molecular flexibility index (Phi) is 21.2. The third-order valence-electron chi connectivity index (χ3n) is 8.31. The lowest BCUT2D eigenvalue weighted by Crippen LogP contribution is -2.31. The molecule has 0 fully saturated rings. The van der Waals surface area contributed by atoms with Gasteiger partial charge in [0, 0.05) is 6.54 Å². The molecule has 12 heteroatoms. The number of aromatic nitrogens is 2. The summed E-state index contributed by atoms with van der Waals surface area (Å²) in [6, 6.07) is 20.2. The van der Waals surface area contributed by atoms with Crippen LogP contribution in [0.15, 0.2) is 85.2 Å². The maximum absolute atomic E-state index is 12.4. The number of nitrogens with one attached hydrogen (secondary N) is 1. The predicted molar refractivity (Wildman–Crippen MR) is 223 cm³/mol. The number of hydrogen-bond acceptors (Lipinski definition) is 12. The summed E-state index contributed by atoms with van der Waals surface area (Å²) in [6.45, 7) is 11.7. The smallest absolute Gasteiger partial charge is 0.343 e. The molecular weight excluding hydrogens is 739 g/mol. The van der Waals surface area contributed by atoms with Crippen LogP contribution in [0, 0.1) is 0 Å². The summed E-state index contributed by atoms with van der Waals surface area (Å²) in [5.74, 6) is 0.865. The van der Waals surface area contributed by atoms with Crippen LogP contribution in [0.5, 0.6) is 23.0 Å². The minimum atomic E-state index is -0.510. The minimum Gasteiger partial charge on any atom is -0.494 e. The molecule has 2 aromatic heterocycles. The molecule has 0 unspecified atom stereocenters. The number of benzene rings is 2. The number of carbonyl (C=O) groups is 4. The highest BCUT2D eigenvalue weighted by Crippen LogP contribution is 2.18. The second kappa shape index (κ2) is 26.3. The van der Waals surface area contributed by atoms with E-state index in [0.717, 1.165) is 30.0 Å². The Bertz CT molecular complexity index is 1790. The first-order chi connectivity index (χ1) is 28.0. The van der Waals surface area contributed by atoms with Gasteiger partial charge in [-0.1, -0.05) is 65.2 Å². The van der Waals surface area contributed by atoms with Crippen LogP contribution in [0.3, 0.4) is 0 Å². The summed E-state index contributed by atoms with van der Waals surface area (Å²) >= 11 is 0. The van der Waals surface area contributed by atoms with Crippen molar-refractivity contribution in [1.82, 2.24) is 15.3 Å². The number of nitrogens with zero attached hydrogens (tertiary/aromatic N) is 2. The van der Waals surface area contributed by atoms with Crippen molar-refractivity contribution >= 4 is 24.2 Å². The average molecular weight is 798 g/mol. The number of pyridine rings is 2. The molecule has 0 aliphatic heterocycles. The van der Waals surface area contributed by atoms with Gasteiger partial charge in [-0.15, -0.1) is 0 Å². The van der Waals surface area contributed by atoms with E-state index in [0.29, 0.717) is 48.7 Å². The van der Waals surface area contributed by atoms with E-state index in [1.54, 1.807) is 60.7 Å². The fourth-order valence-electron chi connectivity index (χ4n) is 5.27. The molecule has 0 saturated heterocycles. The molecule has 0 radical (unpaired) electrons. The van der Waals surface area contributed by atoms with E-state index in [-0.39, 0.29) is 18.2 Å². The summed E-state index contributed by atoms with van der Waals surface area (Å²) in [6.07, 6.45) is 15.4. The molecular formula is C46H59N3O9. The standard InChI is InChI=1S/C26H36N2O5.C20H23NO4/c1-5-6-7-8-9-16-31-22-13-10-20(11-14-22)25(30)32-23-15-12-21(28-18-23)17-27-19-24(29)33-26(2,3)4;1-2-3-4-5-6-13-24-18-10-7-16(8-11-18)20(23)25-19-12-9-17(15-22)21-14-19/h10-15,18,27H,5-9,16-17,19H2,1-4H3;7-12,14-15H,2-6,13H2,1H3. The Morgan fingerprint density at radius 2 is 1.07 bits per heavy atom. The van der Waals surface area contributed by atoms with Crippen molar-refractivity contribution in [2.24, 2.45) is 0 Å². The maximum atomic E-state index is 12.4. The highest BCUT2D eigenvalue weighted by Gasteiger charge is 2.16. The molecule has 0 saturated carbocycles. The zero-order chi connectivity index (χ0) is 42.0. The van der Waals surface area contributed by atoms with Crippen LogP contribution >= 0.6 is 0 Å². The first kappa shape index (κ1) is 46.8. The molecule has 1 N–H and O–H groups in total. The molecule has 0 spiro atoms. The number of rotatable bonds is 23. The third-order valence-corrected chi connectivity index (χ3v) is 8.31. The fraction of sp³-hybridized carbons (Fsp3) is 0.435. The van der Waals surface area contributed by atoms with Gasteiger partial charge in [0.15, 0.2) is 6.29 Å². The van der Waals surface area contributed by atoms with Crippen LogP contribution in [0.2, 0.25) is 0 Å². The molecule has 2 aromatic carbocycles. The minimum absolute atomic E-state index is 0.0915. The quantitative estimate of drug-likeness (QED) is 0.0432. The van der Waals surface area contributed by atoms with Crippen molar-refractivity contribution in [3.63, 3.8) is 0 Å². The van der Waals surface area contributed by atoms with Gasteiger partial charge in [-0.25, -0.2) is 14.6 Å². The van der Waals surface area contributed by atoms with E-state index in [9.17, 15) is 19.2 Å². The van der Waals surface area contributed by atoms with Crippen molar-refractivity contribution in [3.8, 4) is 23.0 Å². The summed E-state index contributed by atoms with van der Waals surface area (Å²) in [5, 5.41) is 2.99. The highest BCUT2D eigenvalue weighted by molar-refractivity contribution is 5.91. The molecule has 0 aliphatic rings. The first-order valence-corrected chi connectivity index (χ1v) is 20.2. The maximum Gasteiger partial charge on any atom is 0.343 e. The molecule has 0 atom stereocenters. The number of hydrogen-bond donors (Lipinski definition) is 1. The lowest BCUT2D eigenvalue weighted by atomic mass is 10.2. The third kappa shape index (κ3) is 19.5. The SMILES string of the molecule is CCCCCCCOc1ccc(C(=O)Oc2ccc(C=O)nc2)cc1.CCCCCCCOc1ccc(C(=O)Oc2ccc(CNCC(=O)OC(C)(C)C)nc2)cc1. The van der Waals surface area contributed by atoms with Gasteiger partial charge in [0.1, 0.15) is 34.3 Å². The monoisotopic (exact) mass is 797 g/mol. The van der Waals surface area contributed by atoms with Gasteiger partial charge in [0.05, 0.1) is 49.0 Å². The zero-order valence-corrected chi connectivity index (χ0v) is 34.6. The second-order valence-electron chi connectivity index (χ2n) is 14.6. The van der Waals surface area contributed by atoms with E-state index in [4.69, 9.17) is 23.7 Å². The van der Waals surface area contributed by atoms with Crippen molar-refractivity contribution in [1.29, 1.82) is 0 Å². The molecule has 2 heterocycles. The molecule has 0 bridgehead atoms. The molecule has 4 aromatic rings. The van der Waals surface area contributed by atoms with Crippen LogP contribution in [0.1, 0.15) is 136 Å². The lowest BCUT2D eigenvalue weighted by molar-refractivity contribution is -0.153. The van der Waals surface area contributed by atoms with E-state index >= 15 is 0 Å². The molecule has 58 heavy (non-hydrogen) atoms. The van der Waals surface area contributed by atoms with Gasteiger partial charge < -0.3 is 29.0 Å². The molecule has 4 rings (SSSR count). The van der Waals surface area contributed by atoms with Gasteiger partial charge in [-0.2, -0.15) is 0 Å². The Balaban J connectivity index is 0.000000322. The summed E-state index contributed by atoms with van der Waals surface area (Å²) in [5.41, 5.74) is 1.36. The first-order valence-electron chi connectivity index (χ1n) is 20.2. The number of ether oxygens (including phenoxy) is 5. The van der Waals surface area contributed by atoms with Crippen LogP contribution in [0.25, 0.3) is 0 Å². The number of unbranched alkanes of at least 4 members (excludes halogenated alkanes) is 8. The van der Waals surface area contributed by atoms with Gasteiger partial charge >= 0.3 is 17.9 Å². The van der Waals surface area contributed by atoms with Crippen molar-refractivity contribution < 1.29 is 42.9 Å². The molecule has 0 aliphatic carbocycles. The van der Waals surface area contributed by atoms with Gasteiger partial charge in [-0.05, 0) is 106 Å². The Labute approximate surface area is 343 Å². The van der Waals surface area contributed by atoms with E-state index in [1.807, 2.05) is 20.8 Å². The average Bonchev–Trinajstić information content (AvgIpc) is 3.21. The number of carbonyl (C=O) groups excluding carboxylic acids is 4. The summed E-state index contributed by atoms with van der Waals surface area (Å²) < 4.78 is 27.2. The normalized spacial score (nSPS) is 10.8. The van der Waals surface area contributed by atoms with E-state index < -0.39 is 17.5 Å². The topological polar surface area (TPSA) is 152 Å². The Morgan fingerprint density at radius 3 is 1.48 bits per heavy atom. The lowest BCUT2D eigenvalue weighted by Gasteiger charge is -2.19. The Hall–Kier alpha value is -5.62. The van der Waals surface area contributed by atoms with Gasteiger partial charge in [-0.3, -0.25) is 14.6 Å². The zero-order valence-electron chi connectivity index (χ0n) is 34.6. The second-order valence-corrected chi connectivity index (χ2v) is 14.6. The van der Waals surface area contributed by atoms with Crippen LogP contribution in [-0.4, -0.2) is 59.5 Å². The highest BCUT2D eigenvalue weighted by atomic mass is 16.6. The largest absolute Gasteiger partial charge is 0.494 e. The van der Waals surface area contributed by atoms with Gasteiger partial charge in [0.2, 0.25) is 0 Å². The van der Waals surface area contributed by atoms with Crippen LogP contribution < -0.4 is 24.3 Å². The summed E-state index contributed by atoms with van der Waals surface area (Å²) in [7, 11) is 0. The van der Waals surface area contributed by atoms with Crippen LogP contribution in [-0.2, 0) is 16.1 Å². The predicted octanol–water partition coefficient (Wildman–Crippen LogP) is 9.54. The molecule has 0 amide bonds. The van der Waals surface area contributed by atoms with E-state index in [2.05, 4.69) is 29.1 Å². The number of esters is 3. The van der Waals surface area contributed by atoms with Crippen molar-refractivity contribution in [2.75, 3.05) is 19.8 Å². The molecule has 312 valence electrons. The van der Waals surface area contributed by atoms with Crippen molar-refractivity contribution in [2.45, 2.75) is 111 Å². The van der Waals surface area contributed by atoms with Crippen molar-refractivity contribution in [3.05, 3.63) is 108 Å². The Morgan fingerprint density at radius 1 is 0.603 bits per heavy atom.